The first kappa shape index (κ1) is 14.3. The van der Waals surface area contributed by atoms with Crippen LogP contribution in [0, 0.1) is 6.92 Å². The van der Waals surface area contributed by atoms with E-state index in [2.05, 4.69) is 26.8 Å². The van der Waals surface area contributed by atoms with E-state index in [-0.39, 0.29) is 11.8 Å². The molecule has 0 fully saturated rings. The number of aromatic nitrogens is 1. The molecule has 2 aromatic rings. The van der Waals surface area contributed by atoms with Gasteiger partial charge in [0.2, 0.25) is 0 Å². The number of hydrazine groups is 1. The average molecular weight is 336 g/mol. The van der Waals surface area contributed by atoms with Gasteiger partial charge in [0.1, 0.15) is 5.69 Å². The Labute approximate surface area is 125 Å². The SMILES string of the molecule is Cc1ccc(C(=O)NNC(=O)c2cc(Br)cn2C)cc1. The Morgan fingerprint density at radius 2 is 1.70 bits per heavy atom. The van der Waals surface area contributed by atoms with Crippen molar-refractivity contribution in [1.29, 1.82) is 0 Å². The van der Waals surface area contributed by atoms with Crippen molar-refractivity contribution in [3.8, 4) is 0 Å². The Morgan fingerprint density at radius 1 is 1.10 bits per heavy atom. The lowest BCUT2D eigenvalue weighted by atomic mass is 10.1. The molecule has 1 aromatic heterocycles. The van der Waals surface area contributed by atoms with Crippen molar-refractivity contribution in [2.45, 2.75) is 6.92 Å². The standard InChI is InChI=1S/C14H14BrN3O2/c1-9-3-5-10(6-4-9)13(19)16-17-14(20)12-7-11(15)8-18(12)2/h3-8H,1-2H3,(H,16,19)(H,17,20). The van der Waals surface area contributed by atoms with Crippen molar-refractivity contribution in [2.75, 3.05) is 0 Å². The topological polar surface area (TPSA) is 63.1 Å². The number of benzene rings is 1. The van der Waals surface area contributed by atoms with Gasteiger partial charge in [-0.3, -0.25) is 20.4 Å². The Morgan fingerprint density at radius 3 is 2.25 bits per heavy atom. The van der Waals surface area contributed by atoms with Gasteiger partial charge >= 0.3 is 0 Å². The second-order valence-corrected chi connectivity index (χ2v) is 5.34. The van der Waals surface area contributed by atoms with Gasteiger partial charge in [-0.25, -0.2) is 0 Å². The van der Waals surface area contributed by atoms with Crippen LogP contribution in [0.3, 0.4) is 0 Å². The molecule has 104 valence electrons. The van der Waals surface area contributed by atoms with E-state index in [0.29, 0.717) is 11.3 Å². The van der Waals surface area contributed by atoms with Crippen LogP contribution in [0.15, 0.2) is 41.0 Å². The number of carbonyl (C=O) groups is 2. The maximum Gasteiger partial charge on any atom is 0.286 e. The third-order valence-corrected chi connectivity index (χ3v) is 3.24. The summed E-state index contributed by atoms with van der Waals surface area (Å²) in [5, 5.41) is 0. The minimum Gasteiger partial charge on any atom is -0.345 e. The monoisotopic (exact) mass is 335 g/mol. The van der Waals surface area contributed by atoms with Crippen LogP contribution >= 0.6 is 15.9 Å². The van der Waals surface area contributed by atoms with Crippen LogP contribution in [0.4, 0.5) is 0 Å². The lowest BCUT2D eigenvalue weighted by Gasteiger charge is -2.08. The van der Waals surface area contributed by atoms with E-state index < -0.39 is 0 Å². The van der Waals surface area contributed by atoms with Crippen LogP contribution < -0.4 is 10.9 Å². The zero-order chi connectivity index (χ0) is 14.7. The smallest absolute Gasteiger partial charge is 0.286 e. The van der Waals surface area contributed by atoms with Crippen LogP contribution in [0.1, 0.15) is 26.4 Å². The number of nitrogens with zero attached hydrogens (tertiary/aromatic N) is 1. The van der Waals surface area contributed by atoms with Gasteiger partial charge in [0, 0.05) is 23.3 Å². The fraction of sp³-hybridized carbons (Fsp3) is 0.143. The second-order valence-electron chi connectivity index (χ2n) is 4.43. The second kappa shape index (κ2) is 5.92. The Bertz CT molecular complexity index is 647. The highest BCUT2D eigenvalue weighted by atomic mass is 79.9. The minimum absolute atomic E-state index is 0.355. The van der Waals surface area contributed by atoms with Gasteiger partial charge in [0.05, 0.1) is 0 Å². The highest BCUT2D eigenvalue weighted by Gasteiger charge is 2.12. The molecule has 0 atom stereocenters. The predicted octanol–water partition coefficient (Wildman–Crippen LogP) is 2.17. The molecule has 0 saturated carbocycles. The fourth-order valence-electron chi connectivity index (χ4n) is 1.70. The maximum atomic E-state index is 11.9. The molecule has 0 aliphatic carbocycles. The molecular formula is C14H14BrN3O2. The van der Waals surface area contributed by atoms with Crippen molar-refractivity contribution in [3.05, 3.63) is 57.8 Å². The number of rotatable bonds is 2. The third kappa shape index (κ3) is 3.27. The molecule has 1 heterocycles. The molecule has 0 radical (unpaired) electrons. The first-order valence-electron chi connectivity index (χ1n) is 5.96. The summed E-state index contributed by atoms with van der Waals surface area (Å²) in [7, 11) is 1.75. The zero-order valence-electron chi connectivity index (χ0n) is 11.1. The van der Waals surface area contributed by atoms with E-state index in [1.165, 1.54) is 0 Å². The quantitative estimate of drug-likeness (QED) is 0.826. The molecule has 2 N–H and O–H groups in total. The molecule has 0 unspecified atom stereocenters. The van der Waals surface area contributed by atoms with E-state index in [0.717, 1.165) is 10.0 Å². The van der Waals surface area contributed by atoms with Gasteiger partial charge in [0.15, 0.2) is 0 Å². The molecule has 6 heteroatoms. The summed E-state index contributed by atoms with van der Waals surface area (Å²) in [6.45, 7) is 1.94. The van der Waals surface area contributed by atoms with Crippen molar-refractivity contribution >= 4 is 27.7 Å². The predicted molar refractivity (Wildman–Crippen MR) is 79.2 cm³/mol. The molecule has 20 heavy (non-hydrogen) atoms. The lowest BCUT2D eigenvalue weighted by molar-refractivity contribution is 0.0842. The molecule has 0 aliphatic heterocycles. The van der Waals surface area contributed by atoms with E-state index in [9.17, 15) is 9.59 Å². The van der Waals surface area contributed by atoms with E-state index in [1.807, 2.05) is 19.1 Å². The maximum absolute atomic E-state index is 11.9. The van der Waals surface area contributed by atoms with Gasteiger partial charge in [-0.15, -0.1) is 0 Å². The summed E-state index contributed by atoms with van der Waals surface area (Å²) >= 11 is 3.29. The number of hydrogen-bond acceptors (Lipinski definition) is 2. The third-order valence-electron chi connectivity index (χ3n) is 2.81. The van der Waals surface area contributed by atoms with Crippen LogP contribution in [0.5, 0.6) is 0 Å². The first-order valence-corrected chi connectivity index (χ1v) is 6.76. The van der Waals surface area contributed by atoms with Crippen molar-refractivity contribution in [1.82, 2.24) is 15.4 Å². The molecule has 2 rings (SSSR count). The first-order chi connectivity index (χ1) is 9.47. The number of nitrogens with one attached hydrogen (secondary N) is 2. The number of halogens is 1. The summed E-state index contributed by atoms with van der Waals surface area (Å²) < 4.78 is 2.47. The summed E-state index contributed by atoms with van der Waals surface area (Å²) in [6.07, 6.45) is 1.76. The Hall–Kier alpha value is -2.08. The molecule has 0 saturated heterocycles. The normalized spacial score (nSPS) is 10.2. The van der Waals surface area contributed by atoms with Gasteiger partial charge < -0.3 is 4.57 Å². The molecule has 2 amide bonds. The minimum atomic E-state index is -0.376. The van der Waals surface area contributed by atoms with Gasteiger partial charge in [-0.2, -0.15) is 0 Å². The molecule has 5 nitrogen and oxygen atoms in total. The molecule has 0 aliphatic rings. The van der Waals surface area contributed by atoms with Crippen LogP contribution in [-0.2, 0) is 7.05 Å². The Kier molecular flexibility index (Phi) is 4.24. The van der Waals surface area contributed by atoms with Gasteiger partial charge in [-0.05, 0) is 41.1 Å². The van der Waals surface area contributed by atoms with Crippen molar-refractivity contribution in [2.24, 2.45) is 7.05 Å². The van der Waals surface area contributed by atoms with Gasteiger partial charge in [0.25, 0.3) is 11.8 Å². The van der Waals surface area contributed by atoms with E-state index in [1.54, 1.807) is 36.0 Å². The average Bonchev–Trinajstić information content (AvgIpc) is 2.75. The van der Waals surface area contributed by atoms with Crippen molar-refractivity contribution < 1.29 is 9.59 Å². The van der Waals surface area contributed by atoms with Crippen LogP contribution in [0.25, 0.3) is 0 Å². The number of amides is 2. The number of aryl methyl sites for hydroxylation is 2. The zero-order valence-corrected chi connectivity index (χ0v) is 12.7. The Balaban J connectivity index is 1.98. The highest BCUT2D eigenvalue weighted by molar-refractivity contribution is 9.10. The van der Waals surface area contributed by atoms with Crippen LogP contribution in [0.2, 0.25) is 0 Å². The summed E-state index contributed by atoms with van der Waals surface area (Å²) in [6, 6.07) is 8.76. The van der Waals surface area contributed by atoms with Crippen molar-refractivity contribution in [3.63, 3.8) is 0 Å². The van der Waals surface area contributed by atoms with Crippen LogP contribution in [-0.4, -0.2) is 16.4 Å². The largest absolute Gasteiger partial charge is 0.345 e. The van der Waals surface area contributed by atoms with E-state index in [4.69, 9.17) is 0 Å². The summed E-state index contributed by atoms with van der Waals surface area (Å²) in [5.41, 5.74) is 6.78. The van der Waals surface area contributed by atoms with E-state index >= 15 is 0 Å². The molecule has 0 spiro atoms. The molecule has 1 aromatic carbocycles. The highest BCUT2D eigenvalue weighted by Crippen LogP contribution is 2.13. The number of carbonyl (C=O) groups excluding carboxylic acids is 2. The molecular weight excluding hydrogens is 322 g/mol. The summed E-state index contributed by atoms with van der Waals surface area (Å²) in [4.78, 5) is 23.7. The lowest BCUT2D eigenvalue weighted by Crippen LogP contribution is -2.42. The number of hydrogen-bond donors (Lipinski definition) is 2. The fourth-order valence-corrected chi connectivity index (χ4v) is 2.23. The summed E-state index contributed by atoms with van der Waals surface area (Å²) in [5.74, 6) is -0.731. The van der Waals surface area contributed by atoms with Gasteiger partial charge in [-0.1, -0.05) is 17.7 Å². The molecule has 0 bridgehead atoms.